The number of aromatic amines is 1. The van der Waals surface area contributed by atoms with Crippen LogP contribution in [0.1, 0.15) is 48.7 Å². The Kier molecular flexibility index (Phi) is 6.02. The van der Waals surface area contributed by atoms with Crippen molar-refractivity contribution in [2.24, 2.45) is 0 Å². The van der Waals surface area contributed by atoms with E-state index in [1.807, 2.05) is 47.1 Å². The van der Waals surface area contributed by atoms with Gasteiger partial charge in [-0.25, -0.2) is 4.68 Å². The Hall–Kier alpha value is -3.92. The van der Waals surface area contributed by atoms with Crippen molar-refractivity contribution in [3.63, 3.8) is 0 Å². The average Bonchev–Trinajstić information content (AvgIpc) is 3.66. The molecule has 1 aliphatic heterocycles. The average molecular weight is 489 g/mol. The van der Waals surface area contributed by atoms with E-state index < -0.39 is 0 Å². The molecule has 0 amide bonds. The van der Waals surface area contributed by atoms with E-state index in [-0.39, 0.29) is 12.4 Å². The number of hydrogen-bond acceptors (Lipinski definition) is 8. The van der Waals surface area contributed by atoms with Crippen molar-refractivity contribution >= 4 is 10.9 Å². The first-order chi connectivity index (χ1) is 17.7. The van der Waals surface area contributed by atoms with Crippen LogP contribution in [0.25, 0.3) is 10.9 Å². The normalized spacial score (nSPS) is 15.3. The van der Waals surface area contributed by atoms with Crippen molar-refractivity contribution < 1.29 is 14.2 Å². The fourth-order valence-electron chi connectivity index (χ4n) is 5.13. The van der Waals surface area contributed by atoms with Gasteiger partial charge in [0.25, 0.3) is 5.56 Å². The highest BCUT2D eigenvalue weighted by molar-refractivity contribution is 5.80. The van der Waals surface area contributed by atoms with Gasteiger partial charge in [0.2, 0.25) is 6.79 Å². The molecule has 1 aliphatic carbocycles. The van der Waals surface area contributed by atoms with Crippen LogP contribution in [0.3, 0.4) is 0 Å². The van der Waals surface area contributed by atoms with Gasteiger partial charge in [-0.2, -0.15) is 0 Å². The van der Waals surface area contributed by atoms with Crippen molar-refractivity contribution in [3.8, 4) is 17.2 Å². The van der Waals surface area contributed by atoms with Crippen molar-refractivity contribution in [2.75, 3.05) is 13.9 Å². The van der Waals surface area contributed by atoms with Gasteiger partial charge in [-0.3, -0.25) is 9.69 Å². The molecular formula is C26H28N6O4. The standard InChI is InChI=1S/C26H28N6O4/c1-34-21-7-8-22-18(12-21)11-19(26(33)27-22)14-31(13-17-6-9-23-24(10-17)36-16-35-23)15-25-28-29-30-32(25)20-4-2-3-5-20/h6-12,20H,2-5,13-16H2,1H3,(H,27,33). The monoisotopic (exact) mass is 488 g/mol. The predicted octanol–water partition coefficient (Wildman–Crippen LogP) is 3.57. The topological polar surface area (TPSA) is 107 Å². The second kappa shape index (κ2) is 9.62. The number of fused-ring (bicyclic) bond motifs is 2. The number of pyridine rings is 1. The number of methoxy groups -OCH3 is 1. The Labute approximate surface area is 207 Å². The summed E-state index contributed by atoms with van der Waals surface area (Å²) >= 11 is 0. The quantitative estimate of drug-likeness (QED) is 0.401. The number of aromatic nitrogens is 5. The summed E-state index contributed by atoms with van der Waals surface area (Å²) in [4.78, 5) is 18.2. The molecule has 0 bridgehead atoms. The summed E-state index contributed by atoms with van der Waals surface area (Å²) in [6, 6.07) is 13.8. The fraction of sp³-hybridized carbons (Fsp3) is 0.385. The second-order valence-corrected chi connectivity index (χ2v) is 9.39. The van der Waals surface area contributed by atoms with E-state index in [0.717, 1.165) is 52.4 Å². The van der Waals surface area contributed by atoms with Gasteiger partial charge in [0.05, 0.1) is 19.7 Å². The number of nitrogens with zero attached hydrogens (tertiary/aromatic N) is 5. The lowest BCUT2D eigenvalue weighted by molar-refractivity contribution is 0.174. The summed E-state index contributed by atoms with van der Waals surface area (Å²) in [6.07, 6.45) is 4.57. The highest BCUT2D eigenvalue weighted by atomic mass is 16.7. The van der Waals surface area contributed by atoms with E-state index in [2.05, 4.69) is 25.4 Å². The summed E-state index contributed by atoms with van der Waals surface area (Å²) < 4.78 is 18.4. The van der Waals surface area contributed by atoms with E-state index in [9.17, 15) is 4.79 Å². The lowest BCUT2D eigenvalue weighted by Gasteiger charge is -2.23. The minimum Gasteiger partial charge on any atom is -0.497 e. The van der Waals surface area contributed by atoms with Crippen molar-refractivity contribution in [3.05, 3.63) is 69.8 Å². The molecule has 0 atom stereocenters. The summed E-state index contributed by atoms with van der Waals surface area (Å²) in [5.74, 6) is 3.03. The number of hydrogen-bond donors (Lipinski definition) is 1. The molecule has 0 radical (unpaired) electrons. The van der Waals surface area contributed by atoms with Crippen LogP contribution in [0.5, 0.6) is 17.2 Å². The highest BCUT2D eigenvalue weighted by Gasteiger charge is 2.23. The van der Waals surface area contributed by atoms with Gasteiger partial charge in [0.1, 0.15) is 5.75 Å². The number of ether oxygens (including phenoxy) is 3. The van der Waals surface area contributed by atoms with Crippen LogP contribution in [-0.2, 0) is 19.6 Å². The predicted molar refractivity (Wildman–Crippen MR) is 132 cm³/mol. The van der Waals surface area contributed by atoms with Gasteiger partial charge >= 0.3 is 0 Å². The molecule has 2 aliphatic rings. The number of rotatable bonds is 8. The van der Waals surface area contributed by atoms with Crippen LogP contribution >= 0.6 is 0 Å². The molecule has 36 heavy (non-hydrogen) atoms. The van der Waals surface area contributed by atoms with Crippen LogP contribution in [0.2, 0.25) is 0 Å². The molecule has 186 valence electrons. The molecule has 1 fully saturated rings. The molecule has 4 aromatic rings. The Morgan fingerprint density at radius 2 is 1.92 bits per heavy atom. The molecule has 10 nitrogen and oxygen atoms in total. The Morgan fingerprint density at radius 3 is 2.78 bits per heavy atom. The second-order valence-electron chi connectivity index (χ2n) is 9.39. The summed E-state index contributed by atoms with van der Waals surface area (Å²) in [5.41, 5.74) is 2.38. The molecule has 1 saturated carbocycles. The van der Waals surface area contributed by atoms with E-state index in [1.165, 1.54) is 12.8 Å². The molecule has 10 heteroatoms. The third kappa shape index (κ3) is 4.51. The lowest BCUT2D eigenvalue weighted by Crippen LogP contribution is -2.28. The third-order valence-corrected chi connectivity index (χ3v) is 6.96. The molecule has 0 saturated heterocycles. The van der Waals surface area contributed by atoms with Gasteiger partial charge in [0.15, 0.2) is 17.3 Å². The first-order valence-corrected chi connectivity index (χ1v) is 12.2. The maximum Gasteiger partial charge on any atom is 0.252 e. The number of benzene rings is 2. The van der Waals surface area contributed by atoms with Crippen LogP contribution < -0.4 is 19.8 Å². The van der Waals surface area contributed by atoms with Crippen molar-refractivity contribution in [2.45, 2.75) is 51.4 Å². The van der Waals surface area contributed by atoms with E-state index in [0.29, 0.717) is 31.2 Å². The Balaban J connectivity index is 1.32. The molecule has 0 spiro atoms. The van der Waals surface area contributed by atoms with E-state index in [1.54, 1.807) is 7.11 Å². The molecule has 6 rings (SSSR count). The summed E-state index contributed by atoms with van der Waals surface area (Å²) in [6.45, 7) is 1.75. The first-order valence-electron chi connectivity index (χ1n) is 12.2. The maximum atomic E-state index is 13.0. The van der Waals surface area contributed by atoms with Gasteiger partial charge in [0, 0.05) is 29.6 Å². The minimum atomic E-state index is -0.112. The van der Waals surface area contributed by atoms with Crippen molar-refractivity contribution in [1.29, 1.82) is 0 Å². The SMILES string of the molecule is COc1ccc2[nH]c(=O)c(CN(Cc3ccc4c(c3)OCO4)Cc3nnnn3C3CCCC3)cc2c1. The van der Waals surface area contributed by atoms with Gasteiger partial charge < -0.3 is 19.2 Å². The van der Waals surface area contributed by atoms with Gasteiger partial charge in [-0.15, -0.1) is 5.10 Å². The molecular weight excluding hydrogens is 460 g/mol. The molecule has 2 aromatic carbocycles. The number of nitrogens with one attached hydrogen (secondary N) is 1. The Morgan fingerprint density at radius 1 is 1.06 bits per heavy atom. The zero-order valence-electron chi connectivity index (χ0n) is 20.1. The molecule has 2 aromatic heterocycles. The lowest BCUT2D eigenvalue weighted by atomic mass is 10.1. The third-order valence-electron chi connectivity index (χ3n) is 6.96. The van der Waals surface area contributed by atoms with E-state index in [4.69, 9.17) is 14.2 Å². The smallest absolute Gasteiger partial charge is 0.252 e. The fourth-order valence-corrected chi connectivity index (χ4v) is 5.13. The number of H-pyrrole nitrogens is 1. The summed E-state index contributed by atoms with van der Waals surface area (Å²) in [7, 11) is 1.63. The highest BCUT2D eigenvalue weighted by Crippen LogP contribution is 2.33. The largest absolute Gasteiger partial charge is 0.497 e. The molecule has 0 unspecified atom stereocenters. The molecule has 3 heterocycles. The van der Waals surface area contributed by atoms with Gasteiger partial charge in [-0.05, 0) is 65.2 Å². The number of tetrazole rings is 1. The van der Waals surface area contributed by atoms with Crippen molar-refractivity contribution in [1.82, 2.24) is 30.1 Å². The summed E-state index contributed by atoms with van der Waals surface area (Å²) in [5, 5.41) is 13.5. The zero-order chi connectivity index (χ0) is 24.5. The van der Waals surface area contributed by atoms with Crippen LogP contribution in [0.4, 0.5) is 0 Å². The van der Waals surface area contributed by atoms with Crippen LogP contribution in [-0.4, -0.2) is 44.0 Å². The van der Waals surface area contributed by atoms with Gasteiger partial charge in [-0.1, -0.05) is 18.9 Å². The minimum absolute atomic E-state index is 0.112. The molecule has 1 N–H and O–H groups in total. The van der Waals surface area contributed by atoms with Crippen LogP contribution in [0.15, 0.2) is 47.3 Å². The maximum absolute atomic E-state index is 13.0. The van der Waals surface area contributed by atoms with Crippen LogP contribution in [0, 0.1) is 0 Å². The van der Waals surface area contributed by atoms with E-state index >= 15 is 0 Å². The first kappa shape index (κ1) is 22.5. The Bertz CT molecular complexity index is 1440. The zero-order valence-corrected chi connectivity index (χ0v) is 20.1.